The Morgan fingerprint density at radius 1 is 1.37 bits per heavy atom. The fourth-order valence-corrected chi connectivity index (χ4v) is 2.70. The monoisotopic (exact) mass is 268 g/mol. The fraction of sp³-hybridized carbons (Fsp3) is 0.750. The van der Waals surface area contributed by atoms with E-state index in [9.17, 15) is 14.4 Å². The van der Waals surface area contributed by atoms with Gasteiger partial charge in [0.1, 0.15) is 13.1 Å². The number of likely N-dealkylation sites (tertiary alicyclic amines) is 1. The van der Waals surface area contributed by atoms with Gasteiger partial charge < -0.3 is 14.7 Å². The minimum Gasteiger partial charge on any atom is -0.339 e. The summed E-state index contributed by atoms with van der Waals surface area (Å²) in [5.41, 5.74) is 0. The van der Waals surface area contributed by atoms with E-state index in [2.05, 4.69) is 17.1 Å². The van der Waals surface area contributed by atoms with Gasteiger partial charge in [0, 0.05) is 19.1 Å². The van der Waals surface area contributed by atoms with Gasteiger partial charge in [-0.15, -0.1) is 0 Å². The van der Waals surface area contributed by atoms with Gasteiger partial charge in [-0.1, -0.05) is 6.92 Å². The van der Waals surface area contributed by atoms with Crippen LogP contribution in [0.1, 0.15) is 6.92 Å². The molecule has 0 aromatic carbocycles. The van der Waals surface area contributed by atoms with Crippen molar-refractivity contribution < 1.29 is 14.4 Å². The Morgan fingerprint density at radius 3 is 2.53 bits per heavy atom. The van der Waals surface area contributed by atoms with E-state index < -0.39 is 6.03 Å². The lowest BCUT2D eigenvalue weighted by molar-refractivity contribution is -0.131. The maximum atomic E-state index is 12.1. The van der Waals surface area contributed by atoms with E-state index in [-0.39, 0.29) is 24.9 Å². The average Bonchev–Trinajstić information content (AvgIpc) is 2.83. The van der Waals surface area contributed by atoms with Crippen molar-refractivity contribution in [1.82, 2.24) is 20.0 Å². The third-order valence-corrected chi connectivity index (χ3v) is 3.78. The van der Waals surface area contributed by atoms with Gasteiger partial charge in [0.05, 0.1) is 0 Å². The summed E-state index contributed by atoms with van der Waals surface area (Å²) in [4.78, 5) is 39.7. The van der Waals surface area contributed by atoms with Gasteiger partial charge in [-0.3, -0.25) is 14.9 Å². The molecular formula is C12H20N4O3. The highest BCUT2D eigenvalue weighted by Gasteiger charge is 2.36. The number of imide groups is 1. The predicted molar refractivity (Wildman–Crippen MR) is 68.3 cm³/mol. The molecule has 4 amide bonds. The summed E-state index contributed by atoms with van der Waals surface area (Å²) in [6, 6.07) is -0.132. The molecular weight excluding hydrogens is 248 g/mol. The van der Waals surface area contributed by atoms with Crippen LogP contribution in [0, 0.1) is 5.92 Å². The Hall–Kier alpha value is -1.63. The van der Waals surface area contributed by atoms with Crippen LogP contribution in [0.4, 0.5) is 4.79 Å². The largest absolute Gasteiger partial charge is 0.339 e. The van der Waals surface area contributed by atoms with E-state index in [0.717, 1.165) is 0 Å². The standard InChI is InChI=1S/C12H20N4O3/c1-8-4-15(5-9(8)14(2)3)11(18)7-16-6-10(17)13-12(16)19/h8-9H,4-7H2,1-3H3,(H,13,17,19)/t8-,9+/m0/s1. The molecule has 2 rings (SSSR count). The summed E-state index contributed by atoms with van der Waals surface area (Å²) >= 11 is 0. The second kappa shape index (κ2) is 5.16. The summed E-state index contributed by atoms with van der Waals surface area (Å²) in [6.45, 7) is 3.45. The van der Waals surface area contributed by atoms with E-state index in [1.165, 1.54) is 4.90 Å². The smallest absolute Gasteiger partial charge is 0.325 e. The number of rotatable bonds is 3. The van der Waals surface area contributed by atoms with Crippen LogP contribution in [0.25, 0.3) is 0 Å². The van der Waals surface area contributed by atoms with E-state index in [1.54, 1.807) is 4.90 Å². The van der Waals surface area contributed by atoms with Crippen molar-refractivity contribution in [3.63, 3.8) is 0 Å². The SMILES string of the molecule is C[C@H]1CN(C(=O)CN2CC(=O)NC2=O)C[C@H]1N(C)C. The molecule has 2 saturated heterocycles. The Bertz CT molecular complexity index is 410. The molecule has 2 heterocycles. The number of likely N-dealkylation sites (N-methyl/N-ethyl adjacent to an activating group) is 1. The van der Waals surface area contributed by atoms with Gasteiger partial charge in [-0.05, 0) is 20.0 Å². The summed E-state index contributed by atoms with van der Waals surface area (Å²) in [5.74, 6) is -0.0344. The van der Waals surface area contributed by atoms with E-state index >= 15 is 0 Å². The van der Waals surface area contributed by atoms with Crippen LogP contribution in [-0.2, 0) is 9.59 Å². The topological polar surface area (TPSA) is 73.0 Å². The van der Waals surface area contributed by atoms with Crippen LogP contribution in [-0.4, -0.2) is 78.9 Å². The summed E-state index contributed by atoms with van der Waals surface area (Å²) in [5, 5.41) is 2.17. The average molecular weight is 268 g/mol. The molecule has 0 aromatic heterocycles. The summed E-state index contributed by atoms with van der Waals surface area (Å²) in [7, 11) is 4.00. The first-order chi connectivity index (χ1) is 8.88. The van der Waals surface area contributed by atoms with Crippen LogP contribution >= 0.6 is 0 Å². The number of urea groups is 1. The van der Waals surface area contributed by atoms with Crippen molar-refractivity contribution >= 4 is 17.8 Å². The molecule has 2 fully saturated rings. The zero-order chi connectivity index (χ0) is 14.2. The minimum atomic E-state index is -0.477. The van der Waals surface area contributed by atoms with Crippen molar-refractivity contribution in [2.75, 3.05) is 40.3 Å². The molecule has 2 atom stereocenters. The molecule has 1 N–H and O–H groups in total. The zero-order valence-electron chi connectivity index (χ0n) is 11.5. The first-order valence-electron chi connectivity index (χ1n) is 6.41. The second-order valence-electron chi connectivity index (χ2n) is 5.52. The molecule has 0 saturated carbocycles. The number of nitrogens with one attached hydrogen (secondary N) is 1. The Labute approximate surface area is 112 Å². The van der Waals surface area contributed by atoms with Gasteiger partial charge in [-0.25, -0.2) is 4.79 Å². The quantitative estimate of drug-likeness (QED) is 0.663. The van der Waals surface area contributed by atoms with Crippen molar-refractivity contribution in [3.8, 4) is 0 Å². The minimum absolute atomic E-state index is 0.0227. The third-order valence-electron chi connectivity index (χ3n) is 3.78. The molecule has 0 bridgehead atoms. The number of nitrogens with zero attached hydrogens (tertiary/aromatic N) is 3. The maximum absolute atomic E-state index is 12.1. The molecule has 0 unspecified atom stereocenters. The van der Waals surface area contributed by atoms with Crippen molar-refractivity contribution in [3.05, 3.63) is 0 Å². The molecule has 106 valence electrons. The Morgan fingerprint density at radius 2 is 2.05 bits per heavy atom. The molecule has 2 aliphatic rings. The van der Waals surface area contributed by atoms with Gasteiger partial charge in [0.25, 0.3) is 0 Å². The predicted octanol–water partition coefficient (Wildman–Crippen LogP) is -1.05. The molecule has 2 aliphatic heterocycles. The summed E-state index contributed by atoms with van der Waals surface area (Å²) < 4.78 is 0. The lowest BCUT2D eigenvalue weighted by Gasteiger charge is -2.23. The first-order valence-corrected chi connectivity index (χ1v) is 6.41. The fourth-order valence-electron chi connectivity index (χ4n) is 2.70. The van der Waals surface area contributed by atoms with E-state index in [1.807, 2.05) is 14.1 Å². The Kier molecular flexibility index (Phi) is 3.75. The van der Waals surface area contributed by atoms with Crippen LogP contribution < -0.4 is 5.32 Å². The third kappa shape index (κ3) is 2.86. The van der Waals surface area contributed by atoms with Crippen molar-refractivity contribution in [1.29, 1.82) is 0 Å². The molecule has 7 heteroatoms. The number of hydrogen-bond donors (Lipinski definition) is 1. The number of amides is 4. The molecule has 7 nitrogen and oxygen atoms in total. The normalized spacial score (nSPS) is 27.4. The zero-order valence-corrected chi connectivity index (χ0v) is 11.5. The number of carbonyl (C=O) groups is 3. The lowest BCUT2D eigenvalue weighted by atomic mass is 10.1. The van der Waals surface area contributed by atoms with Crippen LogP contribution in [0.3, 0.4) is 0 Å². The summed E-state index contributed by atoms with van der Waals surface area (Å²) in [6.07, 6.45) is 0. The van der Waals surface area contributed by atoms with Crippen LogP contribution in [0.15, 0.2) is 0 Å². The van der Waals surface area contributed by atoms with Crippen LogP contribution in [0.2, 0.25) is 0 Å². The maximum Gasteiger partial charge on any atom is 0.325 e. The first kappa shape index (κ1) is 13.8. The van der Waals surface area contributed by atoms with E-state index in [4.69, 9.17) is 0 Å². The van der Waals surface area contributed by atoms with Crippen molar-refractivity contribution in [2.24, 2.45) is 5.92 Å². The lowest BCUT2D eigenvalue weighted by Crippen LogP contribution is -2.42. The van der Waals surface area contributed by atoms with E-state index in [0.29, 0.717) is 25.0 Å². The van der Waals surface area contributed by atoms with Crippen molar-refractivity contribution in [2.45, 2.75) is 13.0 Å². The molecule has 0 aromatic rings. The number of hydrogen-bond acceptors (Lipinski definition) is 4. The Balaban J connectivity index is 1.91. The van der Waals surface area contributed by atoms with Gasteiger partial charge in [0.15, 0.2) is 0 Å². The van der Waals surface area contributed by atoms with Gasteiger partial charge in [0.2, 0.25) is 11.8 Å². The molecule has 0 aliphatic carbocycles. The highest BCUT2D eigenvalue weighted by molar-refractivity contribution is 6.03. The highest BCUT2D eigenvalue weighted by Crippen LogP contribution is 2.20. The second-order valence-corrected chi connectivity index (χ2v) is 5.52. The number of carbonyl (C=O) groups excluding carboxylic acids is 3. The van der Waals surface area contributed by atoms with Gasteiger partial charge >= 0.3 is 6.03 Å². The molecule has 19 heavy (non-hydrogen) atoms. The molecule has 0 radical (unpaired) electrons. The van der Waals surface area contributed by atoms with Crippen LogP contribution in [0.5, 0.6) is 0 Å². The highest BCUT2D eigenvalue weighted by atomic mass is 16.2. The molecule has 0 spiro atoms. The van der Waals surface area contributed by atoms with Gasteiger partial charge in [-0.2, -0.15) is 0 Å².